The number of rotatable bonds is 9. The summed E-state index contributed by atoms with van der Waals surface area (Å²) < 4.78 is 16.6. The van der Waals surface area contributed by atoms with Gasteiger partial charge >= 0.3 is 5.69 Å². The first-order valence-corrected chi connectivity index (χ1v) is 9.44. The monoisotopic (exact) mass is 400 g/mol. The molecule has 29 heavy (non-hydrogen) atoms. The first-order chi connectivity index (χ1) is 14.0. The molecule has 1 aliphatic rings. The standard InChI is InChI=1S/C21H24N2O6/c1-5-22(6-2)10-11-29-14-9-7-8-13-17(14)18-15(27-3)12-16(28-4)20(23(25)26)19(18)21(13)24/h7-9,12H,5-6,10-11H2,1-4H3. The highest BCUT2D eigenvalue weighted by atomic mass is 16.6. The second-order valence-electron chi connectivity index (χ2n) is 6.52. The van der Waals surface area contributed by atoms with E-state index in [0.29, 0.717) is 34.8 Å². The largest absolute Gasteiger partial charge is 0.496 e. The minimum Gasteiger partial charge on any atom is -0.496 e. The number of likely N-dealkylation sites (N-methyl/N-ethyl adjacent to an activating group) is 1. The Hall–Kier alpha value is -3.13. The predicted octanol–water partition coefficient (Wildman–Crippen LogP) is 3.54. The normalized spacial score (nSPS) is 12.0. The summed E-state index contributed by atoms with van der Waals surface area (Å²) in [5.74, 6) is 0.373. The number of ketones is 1. The lowest BCUT2D eigenvalue weighted by Crippen LogP contribution is -2.28. The Morgan fingerprint density at radius 2 is 1.69 bits per heavy atom. The highest BCUT2D eigenvalue weighted by molar-refractivity contribution is 6.26. The van der Waals surface area contributed by atoms with Gasteiger partial charge in [-0.2, -0.15) is 0 Å². The third kappa shape index (κ3) is 3.51. The highest BCUT2D eigenvalue weighted by Crippen LogP contribution is 2.53. The van der Waals surface area contributed by atoms with Crippen molar-refractivity contribution in [3.63, 3.8) is 0 Å². The molecule has 3 rings (SSSR count). The smallest absolute Gasteiger partial charge is 0.322 e. The molecule has 8 nitrogen and oxygen atoms in total. The molecule has 0 spiro atoms. The van der Waals surface area contributed by atoms with Gasteiger partial charge in [0.15, 0.2) is 0 Å². The molecule has 0 fully saturated rings. The van der Waals surface area contributed by atoms with Crippen LogP contribution < -0.4 is 14.2 Å². The van der Waals surface area contributed by atoms with Crippen LogP contribution in [0.4, 0.5) is 5.69 Å². The molecule has 0 saturated carbocycles. The molecule has 0 aliphatic heterocycles. The number of carbonyl (C=O) groups excluding carboxylic acids is 1. The van der Waals surface area contributed by atoms with E-state index in [2.05, 4.69) is 18.7 Å². The van der Waals surface area contributed by atoms with Crippen LogP contribution in [-0.4, -0.2) is 56.1 Å². The summed E-state index contributed by atoms with van der Waals surface area (Å²) in [6.45, 7) is 7.15. The van der Waals surface area contributed by atoms with Gasteiger partial charge in [0.2, 0.25) is 11.5 Å². The van der Waals surface area contributed by atoms with Gasteiger partial charge in [0.1, 0.15) is 23.7 Å². The molecule has 0 saturated heterocycles. The highest BCUT2D eigenvalue weighted by Gasteiger charge is 2.41. The summed E-state index contributed by atoms with van der Waals surface area (Å²) in [5.41, 5.74) is 0.864. The zero-order valence-electron chi connectivity index (χ0n) is 17.0. The van der Waals surface area contributed by atoms with E-state index in [9.17, 15) is 14.9 Å². The topological polar surface area (TPSA) is 91.1 Å². The predicted molar refractivity (Wildman–Crippen MR) is 108 cm³/mol. The van der Waals surface area contributed by atoms with E-state index < -0.39 is 10.7 Å². The van der Waals surface area contributed by atoms with Gasteiger partial charge in [0.05, 0.1) is 19.1 Å². The van der Waals surface area contributed by atoms with Crippen molar-refractivity contribution in [2.45, 2.75) is 13.8 Å². The van der Waals surface area contributed by atoms with Crippen LogP contribution in [0.25, 0.3) is 11.1 Å². The molecular weight excluding hydrogens is 376 g/mol. The Bertz CT molecular complexity index is 953. The Morgan fingerprint density at radius 1 is 1.00 bits per heavy atom. The molecular formula is C21H24N2O6. The Labute approximate surface area is 169 Å². The second-order valence-corrected chi connectivity index (χ2v) is 6.52. The lowest BCUT2D eigenvalue weighted by Gasteiger charge is -2.19. The van der Waals surface area contributed by atoms with Crippen molar-refractivity contribution < 1.29 is 23.9 Å². The fourth-order valence-corrected chi connectivity index (χ4v) is 3.65. The second kappa shape index (κ2) is 8.48. The molecule has 0 N–H and O–H groups in total. The van der Waals surface area contributed by atoms with E-state index in [1.807, 2.05) is 0 Å². The Morgan fingerprint density at radius 3 is 2.28 bits per heavy atom. The van der Waals surface area contributed by atoms with Crippen LogP contribution >= 0.6 is 0 Å². The van der Waals surface area contributed by atoms with Gasteiger partial charge in [-0.15, -0.1) is 0 Å². The summed E-state index contributed by atoms with van der Waals surface area (Å²) in [7, 11) is 2.77. The van der Waals surface area contributed by atoms with E-state index in [1.54, 1.807) is 18.2 Å². The molecule has 8 heteroatoms. The van der Waals surface area contributed by atoms with Crippen molar-refractivity contribution in [1.29, 1.82) is 0 Å². The van der Waals surface area contributed by atoms with Crippen LogP contribution in [0.15, 0.2) is 24.3 Å². The number of ether oxygens (including phenoxy) is 3. The van der Waals surface area contributed by atoms with Crippen LogP contribution in [-0.2, 0) is 0 Å². The number of hydrogen-bond acceptors (Lipinski definition) is 7. The minimum absolute atomic E-state index is 0.0178. The molecule has 0 atom stereocenters. The molecule has 1 aliphatic carbocycles. The van der Waals surface area contributed by atoms with Crippen LogP contribution in [0.1, 0.15) is 29.8 Å². The summed E-state index contributed by atoms with van der Waals surface area (Å²) >= 11 is 0. The maximum atomic E-state index is 13.1. The van der Waals surface area contributed by atoms with Crippen molar-refractivity contribution >= 4 is 11.5 Å². The number of benzene rings is 2. The number of methoxy groups -OCH3 is 2. The van der Waals surface area contributed by atoms with Gasteiger partial charge < -0.3 is 19.1 Å². The van der Waals surface area contributed by atoms with Gasteiger partial charge in [-0.1, -0.05) is 26.0 Å². The number of nitro groups is 1. The molecule has 0 bridgehead atoms. The van der Waals surface area contributed by atoms with Gasteiger partial charge in [-0.3, -0.25) is 14.9 Å². The van der Waals surface area contributed by atoms with Crippen molar-refractivity contribution in [3.8, 4) is 28.4 Å². The zero-order valence-corrected chi connectivity index (χ0v) is 17.0. The van der Waals surface area contributed by atoms with E-state index >= 15 is 0 Å². The van der Waals surface area contributed by atoms with Crippen molar-refractivity contribution in [2.75, 3.05) is 40.5 Å². The molecule has 0 unspecified atom stereocenters. The van der Waals surface area contributed by atoms with E-state index in [4.69, 9.17) is 14.2 Å². The summed E-state index contributed by atoms with van der Waals surface area (Å²) in [5, 5.41) is 11.7. The van der Waals surface area contributed by atoms with Crippen LogP contribution in [0.5, 0.6) is 17.2 Å². The van der Waals surface area contributed by atoms with E-state index in [1.165, 1.54) is 20.3 Å². The first kappa shape index (κ1) is 20.6. The molecule has 0 radical (unpaired) electrons. The SMILES string of the molecule is CCN(CC)CCOc1cccc2c1-c1c(OC)cc(OC)c([N+](=O)[O-])c1C2=O. The van der Waals surface area contributed by atoms with Gasteiger partial charge in [-0.25, -0.2) is 0 Å². The van der Waals surface area contributed by atoms with E-state index in [0.717, 1.165) is 19.6 Å². The van der Waals surface area contributed by atoms with Crippen LogP contribution in [0, 0.1) is 10.1 Å². The third-order valence-electron chi connectivity index (χ3n) is 5.16. The first-order valence-electron chi connectivity index (χ1n) is 9.44. The fraction of sp³-hybridized carbons (Fsp3) is 0.381. The van der Waals surface area contributed by atoms with E-state index in [-0.39, 0.29) is 17.0 Å². The lowest BCUT2D eigenvalue weighted by molar-refractivity contribution is -0.385. The molecule has 2 aromatic carbocycles. The number of nitro benzene ring substituents is 1. The Kier molecular flexibility index (Phi) is 6.03. The van der Waals surface area contributed by atoms with Crippen LogP contribution in [0.2, 0.25) is 0 Å². The summed E-state index contributed by atoms with van der Waals surface area (Å²) in [6, 6.07) is 6.56. The molecule has 154 valence electrons. The number of fused-ring (bicyclic) bond motifs is 3. The number of nitrogens with zero attached hydrogens (tertiary/aromatic N) is 2. The lowest BCUT2D eigenvalue weighted by atomic mass is 10.0. The van der Waals surface area contributed by atoms with Crippen LogP contribution in [0.3, 0.4) is 0 Å². The van der Waals surface area contributed by atoms with Crippen molar-refractivity contribution in [1.82, 2.24) is 4.90 Å². The molecule has 0 aromatic heterocycles. The van der Waals surface area contributed by atoms with Gasteiger partial charge in [-0.05, 0) is 19.2 Å². The van der Waals surface area contributed by atoms with Gasteiger partial charge in [0, 0.05) is 29.3 Å². The maximum absolute atomic E-state index is 13.1. The summed E-state index contributed by atoms with van der Waals surface area (Å²) in [4.78, 5) is 26.5. The maximum Gasteiger partial charge on any atom is 0.322 e. The quantitative estimate of drug-likeness (QED) is 0.401. The zero-order chi connectivity index (χ0) is 21.1. The average Bonchev–Trinajstić information content (AvgIpc) is 3.03. The fourth-order valence-electron chi connectivity index (χ4n) is 3.65. The van der Waals surface area contributed by atoms with Crippen molar-refractivity contribution in [2.24, 2.45) is 0 Å². The van der Waals surface area contributed by atoms with Gasteiger partial charge in [0.25, 0.3) is 0 Å². The number of hydrogen-bond donors (Lipinski definition) is 0. The Balaban J connectivity index is 2.13. The molecule has 0 heterocycles. The van der Waals surface area contributed by atoms with Crippen molar-refractivity contribution in [3.05, 3.63) is 45.5 Å². The summed E-state index contributed by atoms with van der Waals surface area (Å²) in [6.07, 6.45) is 0. The number of carbonyl (C=O) groups is 1. The third-order valence-corrected chi connectivity index (χ3v) is 5.16. The molecule has 2 aromatic rings. The minimum atomic E-state index is -0.595. The average molecular weight is 400 g/mol. The molecule has 0 amide bonds.